The fraction of sp³-hybridized carbons (Fsp3) is 0.400. The predicted octanol–water partition coefficient (Wildman–Crippen LogP) is 3.91. The lowest BCUT2D eigenvalue weighted by Crippen LogP contribution is -2.12. The highest BCUT2D eigenvalue weighted by Gasteiger charge is 2.23. The highest BCUT2D eigenvalue weighted by Crippen LogP contribution is 2.43. The Morgan fingerprint density at radius 3 is 2.67 bits per heavy atom. The van der Waals surface area contributed by atoms with E-state index in [9.17, 15) is 0 Å². The highest BCUT2D eigenvalue weighted by molar-refractivity contribution is 6.31. The normalized spacial score (nSPS) is 15.3. The molecule has 21 heavy (non-hydrogen) atoms. The zero-order valence-corrected chi connectivity index (χ0v) is 12.5. The van der Waals surface area contributed by atoms with Crippen LogP contribution in [0.25, 0.3) is 11.3 Å². The smallest absolute Gasteiger partial charge is 0.172 e. The Balaban J connectivity index is 2.05. The molecule has 1 aromatic carbocycles. The molecule has 1 fully saturated rings. The van der Waals surface area contributed by atoms with Crippen molar-refractivity contribution in [3.63, 3.8) is 0 Å². The van der Waals surface area contributed by atoms with Crippen LogP contribution in [0.1, 0.15) is 25.7 Å². The summed E-state index contributed by atoms with van der Waals surface area (Å²) >= 11 is 6.15. The number of benzene rings is 1. The molecule has 0 unspecified atom stereocenters. The third-order valence-electron chi connectivity index (χ3n) is 3.62. The van der Waals surface area contributed by atoms with Crippen molar-refractivity contribution in [1.29, 1.82) is 0 Å². The number of methoxy groups -OCH3 is 1. The Kier molecular flexibility index (Phi) is 3.92. The first-order valence-electron chi connectivity index (χ1n) is 6.94. The second-order valence-electron chi connectivity index (χ2n) is 5.13. The lowest BCUT2D eigenvalue weighted by molar-refractivity contribution is 0.201. The van der Waals surface area contributed by atoms with Gasteiger partial charge < -0.3 is 19.7 Å². The lowest BCUT2D eigenvalue weighted by atomic mass is 10.1. The van der Waals surface area contributed by atoms with Crippen LogP contribution in [0.15, 0.2) is 22.7 Å². The van der Waals surface area contributed by atoms with Gasteiger partial charge in [-0.05, 0) is 31.7 Å². The number of rotatable bonds is 4. The number of halogens is 1. The molecule has 5 nitrogen and oxygen atoms in total. The van der Waals surface area contributed by atoms with Crippen molar-refractivity contribution >= 4 is 17.4 Å². The average Bonchev–Trinajstić information content (AvgIpc) is 3.11. The Labute approximate surface area is 128 Å². The largest absolute Gasteiger partial charge is 0.493 e. The summed E-state index contributed by atoms with van der Waals surface area (Å²) in [7, 11) is 1.59. The number of hydrogen-bond acceptors (Lipinski definition) is 5. The molecule has 3 rings (SSSR count). The maximum Gasteiger partial charge on any atom is 0.172 e. The van der Waals surface area contributed by atoms with E-state index in [1.54, 1.807) is 25.3 Å². The van der Waals surface area contributed by atoms with Gasteiger partial charge in [-0.1, -0.05) is 16.8 Å². The first kappa shape index (κ1) is 14.1. The van der Waals surface area contributed by atoms with Crippen molar-refractivity contribution in [3.05, 3.63) is 23.2 Å². The van der Waals surface area contributed by atoms with E-state index in [4.69, 9.17) is 31.3 Å². The van der Waals surface area contributed by atoms with Gasteiger partial charge in [0.1, 0.15) is 0 Å². The molecule has 2 N–H and O–H groups in total. The molecule has 0 saturated heterocycles. The Hall–Kier alpha value is -1.88. The molecule has 0 radical (unpaired) electrons. The van der Waals surface area contributed by atoms with Gasteiger partial charge in [0.15, 0.2) is 23.1 Å². The molecule has 0 spiro atoms. The summed E-state index contributed by atoms with van der Waals surface area (Å²) in [5.74, 6) is 2.04. The van der Waals surface area contributed by atoms with Gasteiger partial charge in [-0.25, -0.2) is 0 Å². The first-order valence-corrected chi connectivity index (χ1v) is 7.32. The Bertz CT molecular complexity index is 636. The number of aromatic nitrogens is 1. The summed E-state index contributed by atoms with van der Waals surface area (Å²) in [4.78, 5) is 0. The summed E-state index contributed by atoms with van der Waals surface area (Å²) < 4.78 is 16.8. The van der Waals surface area contributed by atoms with Crippen molar-refractivity contribution in [2.75, 3.05) is 12.8 Å². The molecular formula is C15H17ClN2O3. The lowest BCUT2D eigenvalue weighted by Gasteiger charge is -2.18. The number of nitrogens with two attached hydrogens (primary N) is 1. The quantitative estimate of drug-likeness (QED) is 0.927. The minimum Gasteiger partial charge on any atom is -0.493 e. The number of nitrogens with zero attached hydrogens (tertiary/aromatic N) is 1. The van der Waals surface area contributed by atoms with Gasteiger partial charge in [0.25, 0.3) is 0 Å². The molecule has 0 bridgehead atoms. The van der Waals surface area contributed by atoms with E-state index in [-0.39, 0.29) is 6.10 Å². The second-order valence-corrected chi connectivity index (χ2v) is 5.56. The monoisotopic (exact) mass is 308 g/mol. The van der Waals surface area contributed by atoms with Crippen molar-refractivity contribution < 1.29 is 14.0 Å². The minimum absolute atomic E-state index is 0.194. The summed E-state index contributed by atoms with van der Waals surface area (Å²) in [5, 5.41) is 4.25. The maximum absolute atomic E-state index is 6.15. The van der Waals surface area contributed by atoms with Crippen LogP contribution in [0, 0.1) is 0 Å². The standard InChI is InChI=1S/C15H17ClN2O3/c1-19-13-7-9(16)6-11(12-8-14(17)18-21-12)15(13)20-10-4-2-3-5-10/h6-8,10H,2-5H2,1H3,(H2,17,18). The van der Waals surface area contributed by atoms with E-state index in [0.29, 0.717) is 33.7 Å². The summed E-state index contributed by atoms with van der Waals surface area (Å²) in [6.45, 7) is 0. The van der Waals surface area contributed by atoms with Gasteiger partial charge in [0.05, 0.1) is 18.8 Å². The third-order valence-corrected chi connectivity index (χ3v) is 3.84. The average molecular weight is 309 g/mol. The van der Waals surface area contributed by atoms with Crippen molar-refractivity contribution in [2.45, 2.75) is 31.8 Å². The van der Waals surface area contributed by atoms with Crippen LogP contribution < -0.4 is 15.2 Å². The van der Waals surface area contributed by atoms with Crippen LogP contribution >= 0.6 is 11.6 Å². The van der Waals surface area contributed by atoms with Gasteiger partial charge in [-0.15, -0.1) is 0 Å². The van der Waals surface area contributed by atoms with Gasteiger partial charge in [-0.2, -0.15) is 0 Å². The van der Waals surface area contributed by atoms with Gasteiger partial charge in [-0.3, -0.25) is 0 Å². The van der Waals surface area contributed by atoms with Gasteiger partial charge >= 0.3 is 0 Å². The molecule has 0 aliphatic heterocycles. The summed E-state index contributed by atoms with van der Waals surface area (Å²) in [6, 6.07) is 5.15. The van der Waals surface area contributed by atoms with E-state index in [1.807, 2.05) is 0 Å². The predicted molar refractivity (Wildman–Crippen MR) is 80.8 cm³/mol. The molecule has 0 atom stereocenters. The van der Waals surface area contributed by atoms with Crippen LogP contribution in [0.3, 0.4) is 0 Å². The molecule has 1 aromatic heterocycles. The third kappa shape index (κ3) is 2.93. The van der Waals surface area contributed by atoms with Crippen molar-refractivity contribution in [3.8, 4) is 22.8 Å². The van der Waals surface area contributed by atoms with Crippen molar-refractivity contribution in [1.82, 2.24) is 5.16 Å². The van der Waals surface area contributed by atoms with Crippen molar-refractivity contribution in [2.24, 2.45) is 0 Å². The maximum atomic E-state index is 6.15. The van der Waals surface area contributed by atoms with Crippen LogP contribution in [0.2, 0.25) is 5.02 Å². The SMILES string of the molecule is COc1cc(Cl)cc(-c2cc(N)no2)c1OC1CCCC1. The summed E-state index contributed by atoms with van der Waals surface area (Å²) in [6.07, 6.45) is 4.66. The topological polar surface area (TPSA) is 70.5 Å². The number of anilines is 1. The highest BCUT2D eigenvalue weighted by atomic mass is 35.5. The van der Waals surface area contributed by atoms with E-state index >= 15 is 0 Å². The Morgan fingerprint density at radius 1 is 1.29 bits per heavy atom. The first-order chi connectivity index (χ1) is 10.2. The van der Waals surface area contributed by atoms with Crippen LogP contribution in [0.4, 0.5) is 5.82 Å². The number of ether oxygens (including phenoxy) is 2. The molecule has 6 heteroatoms. The number of hydrogen-bond donors (Lipinski definition) is 1. The zero-order chi connectivity index (χ0) is 14.8. The van der Waals surface area contributed by atoms with Gasteiger partial charge in [0, 0.05) is 17.2 Å². The molecule has 1 heterocycles. The van der Waals surface area contributed by atoms with E-state index in [0.717, 1.165) is 12.8 Å². The van der Waals surface area contributed by atoms with E-state index in [1.165, 1.54) is 12.8 Å². The summed E-state index contributed by atoms with van der Waals surface area (Å²) in [5.41, 5.74) is 6.33. The molecule has 112 valence electrons. The second kappa shape index (κ2) is 5.85. The number of nitrogen functional groups attached to an aromatic ring is 1. The molecule has 0 amide bonds. The fourth-order valence-electron chi connectivity index (χ4n) is 2.61. The minimum atomic E-state index is 0.194. The molecular weight excluding hydrogens is 292 g/mol. The Morgan fingerprint density at radius 2 is 2.05 bits per heavy atom. The van der Waals surface area contributed by atoms with E-state index < -0.39 is 0 Å². The van der Waals surface area contributed by atoms with Gasteiger partial charge in [0.2, 0.25) is 0 Å². The molecule has 2 aromatic rings. The zero-order valence-electron chi connectivity index (χ0n) is 11.8. The fourth-order valence-corrected chi connectivity index (χ4v) is 2.82. The molecule has 1 aliphatic carbocycles. The van der Waals surface area contributed by atoms with Crippen LogP contribution in [-0.4, -0.2) is 18.4 Å². The molecule has 1 aliphatic rings. The van der Waals surface area contributed by atoms with E-state index in [2.05, 4.69) is 5.16 Å². The molecule has 1 saturated carbocycles. The van der Waals surface area contributed by atoms with Crippen LogP contribution in [-0.2, 0) is 0 Å². The van der Waals surface area contributed by atoms with Crippen LogP contribution in [0.5, 0.6) is 11.5 Å².